The lowest BCUT2D eigenvalue weighted by Crippen LogP contribution is -2.36. The van der Waals surface area contributed by atoms with Crippen LogP contribution < -0.4 is 10.6 Å². The topological polar surface area (TPSA) is 41.6 Å². The van der Waals surface area contributed by atoms with E-state index in [1.165, 1.54) is 12.1 Å². The molecule has 0 bridgehead atoms. The van der Waals surface area contributed by atoms with E-state index >= 15 is 0 Å². The summed E-state index contributed by atoms with van der Waals surface area (Å²) in [6, 6.07) is 11.3. The van der Waals surface area contributed by atoms with E-state index in [1.807, 2.05) is 6.07 Å². The Morgan fingerprint density at radius 1 is 1.19 bits per heavy atom. The Hall–Kier alpha value is -1.78. The van der Waals surface area contributed by atoms with Gasteiger partial charge in [0, 0.05) is 15.7 Å². The Labute approximate surface area is 131 Å². The normalized spacial score (nSPS) is 18.0. The molecule has 2 aromatic rings. The summed E-state index contributed by atoms with van der Waals surface area (Å²) >= 11 is 12.2. The molecule has 1 aliphatic heterocycles. The van der Waals surface area contributed by atoms with Crippen molar-refractivity contribution >= 4 is 34.8 Å². The third-order valence-corrected chi connectivity index (χ3v) is 3.96. The van der Waals surface area contributed by atoms with Crippen LogP contribution in [0.3, 0.4) is 0 Å². The molecule has 0 aliphatic carbocycles. The van der Waals surface area contributed by atoms with Gasteiger partial charge in [-0.2, -0.15) is 0 Å². The fourth-order valence-corrected chi connectivity index (χ4v) is 2.98. The molecule has 21 heavy (non-hydrogen) atoms. The molecule has 3 rings (SSSR count). The third-order valence-electron chi connectivity index (χ3n) is 3.39. The minimum Gasteiger partial charge on any atom is -0.369 e. The van der Waals surface area contributed by atoms with Gasteiger partial charge in [0.15, 0.2) is 5.96 Å². The van der Waals surface area contributed by atoms with Crippen molar-refractivity contribution in [3.63, 3.8) is 0 Å². The number of guanidine groups is 1. The lowest BCUT2D eigenvalue weighted by Gasteiger charge is -2.27. The molecular formula is C15H12Cl2FN3. The minimum atomic E-state index is -0.326. The van der Waals surface area contributed by atoms with E-state index < -0.39 is 0 Å². The average Bonchev–Trinajstić information content (AvgIpc) is 2.80. The molecule has 1 aliphatic rings. The van der Waals surface area contributed by atoms with Gasteiger partial charge in [-0.05, 0) is 35.9 Å². The molecule has 6 heteroatoms. The van der Waals surface area contributed by atoms with E-state index in [2.05, 4.69) is 4.99 Å². The number of hydrogen-bond acceptors (Lipinski definition) is 3. The van der Waals surface area contributed by atoms with Crippen molar-refractivity contribution in [1.29, 1.82) is 0 Å². The number of nitrogens with zero attached hydrogens (tertiary/aromatic N) is 2. The van der Waals surface area contributed by atoms with E-state index in [0.717, 1.165) is 5.56 Å². The van der Waals surface area contributed by atoms with E-state index in [0.29, 0.717) is 28.2 Å². The maximum atomic E-state index is 13.5. The first kappa shape index (κ1) is 14.2. The molecule has 0 aromatic heterocycles. The highest BCUT2D eigenvalue weighted by Gasteiger charge is 2.30. The molecule has 108 valence electrons. The van der Waals surface area contributed by atoms with Crippen molar-refractivity contribution in [1.82, 2.24) is 0 Å². The number of nitrogens with two attached hydrogens (primary N) is 1. The first-order chi connectivity index (χ1) is 10.1. The molecule has 3 nitrogen and oxygen atoms in total. The molecule has 0 saturated heterocycles. The number of aliphatic imine (C=N–C) groups is 1. The van der Waals surface area contributed by atoms with Gasteiger partial charge < -0.3 is 10.6 Å². The maximum absolute atomic E-state index is 13.5. The van der Waals surface area contributed by atoms with Gasteiger partial charge in [0.2, 0.25) is 0 Å². The number of halogens is 3. The van der Waals surface area contributed by atoms with Crippen LogP contribution in [0.4, 0.5) is 10.1 Å². The molecule has 1 atom stereocenters. The van der Waals surface area contributed by atoms with Crippen LogP contribution in [0.1, 0.15) is 11.6 Å². The summed E-state index contributed by atoms with van der Waals surface area (Å²) in [4.78, 5) is 6.03. The van der Waals surface area contributed by atoms with Crippen LogP contribution in [0.2, 0.25) is 10.0 Å². The second kappa shape index (κ2) is 5.54. The highest BCUT2D eigenvalue weighted by atomic mass is 35.5. The quantitative estimate of drug-likeness (QED) is 0.907. The van der Waals surface area contributed by atoms with Crippen LogP contribution >= 0.6 is 23.2 Å². The van der Waals surface area contributed by atoms with Crippen molar-refractivity contribution < 1.29 is 4.39 Å². The van der Waals surface area contributed by atoms with Gasteiger partial charge >= 0.3 is 0 Å². The number of anilines is 1. The Morgan fingerprint density at radius 3 is 2.71 bits per heavy atom. The van der Waals surface area contributed by atoms with Gasteiger partial charge in [0.25, 0.3) is 0 Å². The van der Waals surface area contributed by atoms with Crippen molar-refractivity contribution in [2.24, 2.45) is 10.7 Å². The van der Waals surface area contributed by atoms with Crippen LogP contribution in [-0.4, -0.2) is 12.5 Å². The lowest BCUT2D eigenvalue weighted by atomic mass is 10.1. The number of rotatable bonds is 2. The van der Waals surface area contributed by atoms with Gasteiger partial charge in [-0.1, -0.05) is 35.3 Å². The van der Waals surface area contributed by atoms with Crippen molar-refractivity contribution in [3.05, 3.63) is 63.9 Å². The zero-order chi connectivity index (χ0) is 15.0. The van der Waals surface area contributed by atoms with Crippen molar-refractivity contribution in [3.8, 4) is 0 Å². The maximum Gasteiger partial charge on any atom is 0.196 e. The fraction of sp³-hybridized carbons (Fsp3) is 0.133. The van der Waals surface area contributed by atoms with Gasteiger partial charge in [0.05, 0.1) is 12.6 Å². The van der Waals surface area contributed by atoms with Crippen molar-refractivity contribution in [2.45, 2.75) is 6.04 Å². The smallest absolute Gasteiger partial charge is 0.196 e. The van der Waals surface area contributed by atoms with E-state index in [9.17, 15) is 4.39 Å². The molecular weight excluding hydrogens is 312 g/mol. The van der Waals surface area contributed by atoms with E-state index in [1.54, 1.807) is 29.2 Å². The molecule has 1 unspecified atom stereocenters. The average molecular weight is 324 g/mol. The standard InChI is InChI=1S/C15H12Cl2FN3/c16-9-4-5-12(13(17)6-9)14-8-20-15(19)21(14)11-3-1-2-10(18)7-11/h1-7,14H,8H2,(H2,19,20). The van der Waals surface area contributed by atoms with E-state index in [-0.39, 0.29) is 11.9 Å². The third kappa shape index (κ3) is 2.69. The minimum absolute atomic E-state index is 0.170. The summed E-state index contributed by atoms with van der Waals surface area (Å²) in [7, 11) is 0. The van der Waals surface area contributed by atoms with Gasteiger partial charge in [-0.15, -0.1) is 0 Å². The summed E-state index contributed by atoms with van der Waals surface area (Å²) in [5.41, 5.74) is 7.45. The second-order valence-electron chi connectivity index (χ2n) is 4.73. The summed E-state index contributed by atoms with van der Waals surface area (Å²) in [6.45, 7) is 0.462. The summed E-state index contributed by atoms with van der Waals surface area (Å²) in [5.74, 6) is 0.0183. The largest absolute Gasteiger partial charge is 0.369 e. The summed E-state index contributed by atoms with van der Waals surface area (Å²) in [6.07, 6.45) is 0. The number of benzene rings is 2. The van der Waals surface area contributed by atoms with Gasteiger partial charge in [0.1, 0.15) is 5.82 Å². The second-order valence-corrected chi connectivity index (χ2v) is 5.57. The molecule has 1 heterocycles. The van der Waals surface area contributed by atoms with Gasteiger partial charge in [-0.3, -0.25) is 4.99 Å². The molecule has 0 radical (unpaired) electrons. The van der Waals surface area contributed by atoms with Crippen LogP contribution in [0.15, 0.2) is 47.5 Å². The predicted molar refractivity (Wildman–Crippen MR) is 84.6 cm³/mol. The summed E-state index contributed by atoms with van der Waals surface area (Å²) in [5, 5.41) is 1.10. The Kier molecular flexibility index (Phi) is 3.74. The Bertz CT molecular complexity index is 718. The summed E-state index contributed by atoms with van der Waals surface area (Å²) < 4.78 is 13.5. The molecule has 0 spiro atoms. The lowest BCUT2D eigenvalue weighted by molar-refractivity contribution is 0.626. The number of hydrogen-bond donors (Lipinski definition) is 1. The first-order valence-corrected chi connectivity index (χ1v) is 7.11. The first-order valence-electron chi connectivity index (χ1n) is 6.36. The Balaban J connectivity index is 2.03. The molecule has 0 saturated carbocycles. The van der Waals surface area contributed by atoms with Gasteiger partial charge in [-0.25, -0.2) is 4.39 Å². The molecule has 0 fully saturated rings. The monoisotopic (exact) mass is 323 g/mol. The fourth-order valence-electron chi connectivity index (χ4n) is 2.44. The highest BCUT2D eigenvalue weighted by Crippen LogP contribution is 2.35. The molecule has 2 aromatic carbocycles. The molecule has 0 amide bonds. The predicted octanol–water partition coefficient (Wildman–Crippen LogP) is 4.01. The van der Waals surface area contributed by atoms with Crippen LogP contribution in [0.25, 0.3) is 0 Å². The SMILES string of the molecule is NC1=NCC(c2ccc(Cl)cc2Cl)N1c1cccc(F)c1. The highest BCUT2D eigenvalue weighted by molar-refractivity contribution is 6.35. The van der Waals surface area contributed by atoms with Crippen LogP contribution in [-0.2, 0) is 0 Å². The van der Waals surface area contributed by atoms with Crippen molar-refractivity contribution in [2.75, 3.05) is 11.4 Å². The van der Waals surface area contributed by atoms with E-state index in [4.69, 9.17) is 28.9 Å². The zero-order valence-corrected chi connectivity index (χ0v) is 12.4. The van der Waals surface area contributed by atoms with Crippen LogP contribution in [0, 0.1) is 5.82 Å². The van der Waals surface area contributed by atoms with Crippen LogP contribution in [0.5, 0.6) is 0 Å². The Morgan fingerprint density at radius 2 is 2.00 bits per heavy atom. The molecule has 2 N–H and O–H groups in total. The zero-order valence-electron chi connectivity index (χ0n) is 10.9.